The van der Waals surface area contributed by atoms with Gasteiger partial charge in [-0.25, -0.2) is 0 Å². The van der Waals surface area contributed by atoms with Crippen LogP contribution in [0.2, 0.25) is 0 Å². The molecule has 0 aromatic heterocycles. The maximum atomic E-state index is 11.6. The minimum Gasteiger partial charge on any atom is -0.493 e. The Morgan fingerprint density at radius 1 is 1.11 bits per heavy atom. The number of carbonyl (C=O) groups is 1. The number of benzene rings is 2. The topological polar surface area (TPSA) is 54.0 Å². The van der Waals surface area contributed by atoms with Gasteiger partial charge in [-0.1, -0.05) is 32.1 Å². The van der Waals surface area contributed by atoms with Gasteiger partial charge in [0.25, 0.3) is 0 Å². The zero-order valence-corrected chi connectivity index (χ0v) is 16.9. The van der Waals surface area contributed by atoms with Crippen molar-refractivity contribution in [3.05, 3.63) is 53.1 Å². The SMILES string of the molecule is C/C=C/c1cc(OC)c2c(c1)[C@@H](C)[C@H](c1ccc(OC(=O)CC)c(OC)c1)O2. The molecule has 0 aliphatic carbocycles. The highest BCUT2D eigenvalue weighted by molar-refractivity contribution is 5.73. The van der Waals surface area contributed by atoms with Gasteiger partial charge in [0, 0.05) is 17.9 Å². The smallest absolute Gasteiger partial charge is 0.311 e. The lowest BCUT2D eigenvalue weighted by atomic mass is 9.91. The van der Waals surface area contributed by atoms with Crippen LogP contribution < -0.4 is 18.9 Å². The van der Waals surface area contributed by atoms with Crippen LogP contribution in [-0.2, 0) is 4.79 Å². The summed E-state index contributed by atoms with van der Waals surface area (Å²) in [5.74, 6) is 2.24. The molecule has 0 spiro atoms. The molecule has 0 N–H and O–H groups in total. The maximum Gasteiger partial charge on any atom is 0.311 e. The van der Waals surface area contributed by atoms with E-state index in [0.717, 1.165) is 28.2 Å². The normalized spacial score (nSPS) is 17.9. The lowest BCUT2D eigenvalue weighted by molar-refractivity contribution is -0.134. The molecule has 0 saturated carbocycles. The van der Waals surface area contributed by atoms with E-state index in [1.807, 2.05) is 37.3 Å². The zero-order chi connectivity index (χ0) is 20.3. The second-order valence-electron chi connectivity index (χ2n) is 6.71. The van der Waals surface area contributed by atoms with Gasteiger partial charge in [0.2, 0.25) is 0 Å². The summed E-state index contributed by atoms with van der Waals surface area (Å²) in [6, 6.07) is 9.64. The molecule has 5 nitrogen and oxygen atoms in total. The van der Waals surface area contributed by atoms with Crippen LogP contribution in [0.3, 0.4) is 0 Å². The molecule has 2 atom stereocenters. The van der Waals surface area contributed by atoms with Gasteiger partial charge in [-0.05, 0) is 42.3 Å². The van der Waals surface area contributed by atoms with Gasteiger partial charge in [-0.3, -0.25) is 4.79 Å². The Kier molecular flexibility index (Phi) is 5.93. The Morgan fingerprint density at radius 3 is 2.50 bits per heavy atom. The second kappa shape index (κ2) is 8.38. The molecule has 5 heteroatoms. The number of hydrogen-bond acceptors (Lipinski definition) is 5. The third-order valence-corrected chi connectivity index (χ3v) is 4.90. The standard InChI is InChI=1S/C23H26O5/c1-6-8-15-11-17-14(3)22(28-23(17)20(12-15)26-5)16-9-10-18(19(13-16)25-4)27-21(24)7-2/h6,8-14,22H,7H2,1-5H3/b8-6+/t14-,22-/m1/s1. The van der Waals surface area contributed by atoms with E-state index in [2.05, 4.69) is 13.0 Å². The fraction of sp³-hybridized carbons (Fsp3) is 0.348. The highest BCUT2D eigenvalue weighted by Gasteiger charge is 2.35. The van der Waals surface area contributed by atoms with Gasteiger partial charge in [0.05, 0.1) is 14.2 Å². The number of ether oxygens (including phenoxy) is 4. The van der Waals surface area contributed by atoms with E-state index >= 15 is 0 Å². The van der Waals surface area contributed by atoms with Gasteiger partial charge in [-0.15, -0.1) is 0 Å². The molecule has 2 aromatic carbocycles. The Balaban J connectivity index is 1.95. The molecule has 1 aliphatic heterocycles. The van der Waals surface area contributed by atoms with Crippen LogP contribution in [0, 0.1) is 0 Å². The Bertz CT molecular complexity index is 900. The van der Waals surface area contributed by atoms with Crippen molar-refractivity contribution >= 4 is 12.0 Å². The highest BCUT2D eigenvalue weighted by Crippen LogP contribution is 2.51. The first-order valence-corrected chi connectivity index (χ1v) is 9.42. The number of methoxy groups -OCH3 is 2. The molecule has 0 unspecified atom stereocenters. The number of fused-ring (bicyclic) bond motifs is 1. The first-order valence-electron chi connectivity index (χ1n) is 9.42. The number of allylic oxidation sites excluding steroid dienone is 1. The van der Waals surface area contributed by atoms with Crippen molar-refractivity contribution in [1.82, 2.24) is 0 Å². The van der Waals surface area contributed by atoms with E-state index in [9.17, 15) is 4.79 Å². The third-order valence-electron chi connectivity index (χ3n) is 4.90. The average molecular weight is 382 g/mol. The monoisotopic (exact) mass is 382 g/mol. The van der Waals surface area contributed by atoms with Crippen LogP contribution in [0.1, 0.15) is 55.9 Å². The molecule has 0 bridgehead atoms. The maximum absolute atomic E-state index is 11.6. The summed E-state index contributed by atoms with van der Waals surface area (Å²) in [4.78, 5) is 11.6. The lowest BCUT2D eigenvalue weighted by Crippen LogP contribution is -2.10. The minimum atomic E-state index is -0.301. The van der Waals surface area contributed by atoms with E-state index in [-0.39, 0.29) is 18.0 Å². The van der Waals surface area contributed by atoms with Crippen molar-refractivity contribution < 1.29 is 23.7 Å². The largest absolute Gasteiger partial charge is 0.493 e. The van der Waals surface area contributed by atoms with E-state index in [1.165, 1.54) is 0 Å². The van der Waals surface area contributed by atoms with Gasteiger partial charge < -0.3 is 18.9 Å². The first-order chi connectivity index (χ1) is 13.5. The lowest BCUT2D eigenvalue weighted by Gasteiger charge is -2.18. The fourth-order valence-corrected chi connectivity index (χ4v) is 3.44. The van der Waals surface area contributed by atoms with Crippen molar-refractivity contribution in [2.75, 3.05) is 14.2 Å². The number of carbonyl (C=O) groups excluding carboxylic acids is 1. The van der Waals surface area contributed by atoms with Crippen LogP contribution >= 0.6 is 0 Å². The molecule has 3 rings (SSSR count). The summed E-state index contributed by atoms with van der Waals surface area (Å²) in [5, 5.41) is 0. The molecule has 148 valence electrons. The van der Waals surface area contributed by atoms with Crippen LogP contribution in [-0.4, -0.2) is 20.2 Å². The van der Waals surface area contributed by atoms with Crippen molar-refractivity contribution in [3.8, 4) is 23.0 Å². The quantitative estimate of drug-likeness (QED) is 0.502. The Hall–Kier alpha value is -2.95. The van der Waals surface area contributed by atoms with Crippen molar-refractivity contribution in [2.24, 2.45) is 0 Å². The molecule has 2 aromatic rings. The molecule has 0 radical (unpaired) electrons. The third kappa shape index (κ3) is 3.70. The molecule has 1 heterocycles. The van der Waals surface area contributed by atoms with Crippen molar-refractivity contribution in [2.45, 2.75) is 39.2 Å². The summed E-state index contributed by atoms with van der Waals surface area (Å²) >= 11 is 0. The molecular weight excluding hydrogens is 356 g/mol. The van der Waals surface area contributed by atoms with E-state index < -0.39 is 0 Å². The summed E-state index contributed by atoms with van der Waals surface area (Å²) in [6.45, 7) is 5.87. The van der Waals surface area contributed by atoms with Crippen molar-refractivity contribution in [3.63, 3.8) is 0 Å². The molecular formula is C23H26O5. The van der Waals surface area contributed by atoms with Crippen LogP contribution in [0.4, 0.5) is 0 Å². The predicted molar refractivity (Wildman–Crippen MR) is 108 cm³/mol. The minimum absolute atomic E-state index is 0.128. The van der Waals surface area contributed by atoms with E-state index in [1.54, 1.807) is 27.2 Å². The van der Waals surface area contributed by atoms with Gasteiger partial charge in [-0.2, -0.15) is 0 Å². The van der Waals surface area contributed by atoms with Gasteiger partial charge >= 0.3 is 5.97 Å². The van der Waals surface area contributed by atoms with Crippen LogP contribution in [0.5, 0.6) is 23.0 Å². The Morgan fingerprint density at radius 2 is 1.86 bits per heavy atom. The molecule has 1 aliphatic rings. The van der Waals surface area contributed by atoms with E-state index in [4.69, 9.17) is 18.9 Å². The van der Waals surface area contributed by atoms with Gasteiger partial charge in [0.15, 0.2) is 23.0 Å². The first kappa shape index (κ1) is 19.8. The summed E-state index contributed by atoms with van der Waals surface area (Å²) < 4.78 is 22.6. The second-order valence-corrected chi connectivity index (χ2v) is 6.71. The molecule has 0 saturated heterocycles. The predicted octanol–water partition coefficient (Wildman–Crippen LogP) is 5.29. The molecule has 0 amide bonds. The van der Waals surface area contributed by atoms with Gasteiger partial charge in [0.1, 0.15) is 6.10 Å². The summed E-state index contributed by atoms with van der Waals surface area (Å²) in [7, 11) is 3.21. The fourth-order valence-electron chi connectivity index (χ4n) is 3.44. The highest BCUT2D eigenvalue weighted by atomic mass is 16.6. The van der Waals surface area contributed by atoms with Crippen LogP contribution in [0.15, 0.2) is 36.4 Å². The number of hydrogen-bond donors (Lipinski definition) is 0. The van der Waals surface area contributed by atoms with Crippen LogP contribution in [0.25, 0.3) is 6.08 Å². The molecule has 0 fully saturated rings. The zero-order valence-electron chi connectivity index (χ0n) is 16.9. The number of esters is 1. The summed E-state index contributed by atoms with van der Waals surface area (Å²) in [6.07, 6.45) is 4.16. The average Bonchev–Trinajstić information content (AvgIpc) is 3.04. The number of rotatable bonds is 6. The van der Waals surface area contributed by atoms with Crippen molar-refractivity contribution in [1.29, 1.82) is 0 Å². The van der Waals surface area contributed by atoms with E-state index in [0.29, 0.717) is 17.9 Å². The summed E-state index contributed by atoms with van der Waals surface area (Å²) in [5.41, 5.74) is 3.14. The Labute approximate surface area is 165 Å². The molecule has 28 heavy (non-hydrogen) atoms.